The van der Waals surface area contributed by atoms with Crippen LogP contribution in [0.1, 0.15) is 19.6 Å². The molecule has 0 bridgehead atoms. The van der Waals surface area contributed by atoms with Gasteiger partial charge in [-0.1, -0.05) is 0 Å². The third-order valence-electron chi connectivity index (χ3n) is 3.31. The number of hydrogen-bond donors (Lipinski definition) is 2. The molecule has 0 spiro atoms. The molecule has 0 radical (unpaired) electrons. The lowest BCUT2D eigenvalue weighted by Crippen LogP contribution is -2.43. The van der Waals surface area contributed by atoms with Gasteiger partial charge in [0, 0.05) is 13.0 Å². The van der Waals surface area contributed by atoms with Crippen LogP contribution in [0.4, 0.5) is 0 Å². The van der Waals surface area contributed by atoms with Gasteiger partial charge >= 0.3 is 0 Å². The molecule has 1 atom stereocenters. The van der Waals surface area contributed by atoms with Crippen molar-refractivity contribution in [2.45, 2.75) is 25.9 Å². The van der Waals surface area contributed by atoms with Crippen molar-refractivity contribution in [3.63, 3.8) is 0 Å². The normalized spacial score (nSPS) is 13.1. The van der Waals surface area contributed by atoms with E-state index >= 15 is 0 Å². The topological polar surface area (TPSA) is 80.9 Å². The smallest absolute Gasteiger partial charge is 0.258 e. The molecule has 1 unspecified atom stereocenters. The maximum atomic E-state index is 11.8. The molecule has 1 amide bonds. The Labute approximate surface area is 141 Å². The minimum atomic E-state index is -1.09. The Morgan fingerprint density at radius 1 is 1.21 bits per heavy atom. The first kappa shape index (κ1) is 17.9. The van der Waals surface area contributed by atoms with Gasteiger partial charge in [0.15, 0.2) is 6.61 Å². The number of hydrogen-bond acceptors (Lipinski definition) is 5. The number of furan rings is 1. The third kappa shape index (κ3) is 5.96. The van der Waals surface area contributed by atoms with Crippen molar-refractivity contribution in [1.29, 1.82) is 0 Å². The highest BCUT2D eigenvalue weighted by Gasteiger charge is 2.23. The van der Waals surface area contributed by atoms with Gasteiger partial charge in [0.25, 0.3) is 5.91 Å². The lowest BCUT2D eigenvalue weighted by Gasteiger charge is -2.22. The zero-order chi connectivity index (χ0) is 17.4. The Bertz CT molecular complexity index is 619. The SMILES string of the molecule is CCOc1ccc(OCC(=O)NCC(C)(O)Cc2ccco2)cc1. The second-order valence-corrected chi connectivity index (χ2v) is 5.72. The zero-order valence-electron chi connectivity index (χ0n) is 14.0. The summed E-state index contributed by atoms with van der Waals surface area (Å²) in [4.78, 5) is 11.8. The molecule has 0 aliphatic rings. The maximum Gasteiger partial charge on any atom is 0.258 e. The Balaban J connectivity index is 1.72. The highest BCUT2D eigenvalue weighted by Crippen LogP contribution is 2.17. The maximum absolute atomic E-state index is 11.8. The summed E-state index contributed by atoms with van der Waals surface area (Å²) in [5.41, 5.74) is -1.09. The van der Waals surface area contributed by atoms with E-state index in [0.717, 1.165) is 5.75 Å². The average Bonchev–Trinajstić information content (AvgIpc) is 3.05. The van der Waals surface area contributed by atoms with Crippen LogP contribution in [0.25, 0.3) is 0 Å². The summed E-state index contributed by atoms with van der Waals surface area (Å²) in [5, 5.41) is 12.9. The van der Waals surface area contributed by atoms with Gasteiger partial charge in [-0.15, -0.1) is 0 Å². The number of ether oxygens (including phenoxy) is 2. The van der Waals surface area contributed by atoms with Gasteiger partial charge in [0.2, 0.25) is 0 Å². The Morgan fingerprint density at radius 2 is 1.88 bits per heavy atom. The largest absolute Gasteiger partial charge is 0.494 e. The molecule has 0 aliphatic heterocycles. The summed E-state index contributed by atoms with van der Waals surface area (Å²) in [6.07, 6.45) is 1.87. The van der Waals surface area contributed by atoms with E-state index in [1.165, 1.54) is 0 Å². The minimum Gasteiger partial charge on any atom is -0.494 e. The van der Waals surface area contributed by atoms with E-state index in [0.29, 0.717) is 24.5 Å². The molecule has 2 N–H and O–H groups in total. The molecule has 1 heterocycles. The molecule has 2 rings (SSSR count). The van der Waals surface area contributed by atoms with Crippen LogP contribution >= 0.6 is 0 Å². The highest BCUT2D eigenvalue weighted by atomic mass is 16.5. The van der Waals surface area contributed by atoms with Gasteiger partial charge in [-0.2, -0.15) is 0 Å². The van der Waals surface area contributed by atoms with Gasteiger partial charge < -0.3 is 24.3 Å². The van der Waals surface area contributed by atoms with Gasteiger partial charge in [-0.3, -0.25) is 4.79 Å². The molecule has 1 aromatic heterocycles. The van der Waals surface area contributed by atoms with Crippen molar-refractivity contribution >= 4 is 5.91 Å². The van der Waals surface area contributed by atoms with Gasteiger partial charge in [0.1, 0.15) is 17.3 Å². The second-order valence-electron chi connectivity index (χ2n) is 5.72. The predicted octanol–water partition coefficient (Wildman–Crippen LogP) is 2.17. The van der Waals surface area contributed by atoms with Gasteiger partial charge in [-0.25, -0.2) is 0 Å². The van der Waals surface area contributed by atoms with Gasteiger partial charge in [-0.05, 0) is 50.2 Å². The minimum absolute atomic E-state index is 0.110. The fraction of sp³-hybridized carbons (Fsp3) is 0.389. The van der Waals surface area contributed by atoms with Crippen LogP contribution < -0.4 is 14.8 Å². The summed E-state index contributed by atoms with van der Waals surface area (Å²) in [5.74, 6) is 1.70. The third-order valence-corrected chi connectivity index (χ3v) is 3.31. The quantitative estimate of drug-likeness (QED) is 0.735. The molecule has 6 nitrogen and oxygen atoms in total. The first-order valence-corrected chi connectivity index (χ1v) is 7.85. The van der Waals surface area contributed by atoms with Crippen LogP contribution in [-0.2, 0) is 11.2 Å². The van der Waals surface area contributed by atoms with E-state index in [-0.39, 0.29) is 19.1 Å². The molecule has 0 fully saturated rings. The lowest BCUT2D eigenvalue weighted by molar-refractivity contribution is -0.124. The molecular weight excluding hydrogens is 310 g/mol. The fourth-order valence-electron chi connectivity index (χ4n) is 2.14. The first-order valence-electron chi connectivity index (χ1n) is 7.85. The summed E-state index contributed by atoms with van der Waals surface area (Å²) in [6.45, 7) is 4.14. The van der Waals surface area contributed by atoms with E-state index in [1.807, 2.05) is 6.92 Å². The van der Waals surface area contributed by atoms with Crippen molar-refractivity contribution < 1.29 is 23.8 Å². The van der Waals surface area contributed by atoms with Crippen LogP contribution in [0.3, 0.4) is 0 Å². The number of nitrogens with one attached hydrogen (secondary N) is 1. The van der Waals surface area contributed by atoms with Crippen molar-refractivity contribution in [3.05, 3.63) is 48.4 Å². The van der Waals surface area contributed by atoms with E-state index in [1.54, 1.807) is 49.6 Å². The number of benzene rings is 1. The summed E-state index contributed by atoms with van der Waals surface area (Å²) < 4.78 is 15.9. The van der Waals surface area contributed by atoms with Crippen molar-refractivity contribution in [1.82, 2.24) is 5.32 Å². The van der Waals surface area contributed by atoms with Crippen molar-refractivity contribution in [2.75, 3.05) is 19.8 Å². The molecule has 0 aliphatic carbocycles. The van der Waals surface area contributed by atoms with Crippen molar-refractivity contribution in [3.8, 4) is 11.5 Å². The number of aliphatic hydroxyl groups is 1. The molecular formula is C18H23NO5. The second kappa shape index (κ2) is 8.40. The van der Waals surface area contributed by atoms with Crippen molar-refractivity contribution in [2.24, 2.45) is 0 Å². The fourth-order valence-corrected chi connectivity index (χ4v) is 2.14. The Hall–Kier alpha value is -2.47. The predicted molar refractivity (Wildman–Crippen MR) is 89.2 cm³/mol. The number of carbonyl (C=O) groups is 1. The molecule has 0 saturated heterocycles. The van der Waals surface area contributed by atoms with E-state index < -0.39 is 5.60 Å². The summed E-state index contributed by atoms with van der Waals surface area (Å²) >= 11 is 0. The van der Waals surface area contributed by atoms with E-state index in [9.17, 15) is 9.90 Å². The monoisotopic (exact) mass is 333 g/mol. The Kier molecular flexibility index (Phi) is 6.26. The lowest BCUT2D eigenvalue weighted by atomic mass is 10.0. The molecule has 24 heavy (non-hydrogen) atoms. The van der Waals surface area contributed by atoms with Crippen LogP contribution in [0.15, 0.2) is 47.1 Å². The standard InChI is InChI=1S/C18H23NO5/c1-3-22-14-6-8-15(9-7-14)24-12-17(20)19-13-18(2,21)11-16-5-4-10-23-16/h4-10,21H,3,11-13H2,1-2H3,(H,19,20). The Morgan fingerprint density at radius 3 is 2.46 bits per heavy atom. The number of rotatable bonds is 9. The molecule has 6 heteroatoms. The first-order chi connectivity index (χ1) is 11.5. The zero-order valence-corrected chi connectivity index (χ0v) is 14.0. The molecule has 2 aromatic rings. The number of amides is 1. The highest BCUT2D eigenvalue weighted by molar-refractivity contribution is 5.77. The molecule has 1 aromatic carbocycles. The van der Waals surface area contributed by atoms with E-state index in [4.69, 9.17) is 13.9 Å². The average molecular weight is 333 g/mol. The molecule has 130 valence electrons. The summed E-state index contributed by atoms with van der Waals surface area (Å²) in [6, 6.07) is 10.6. The summed E-state index contributed by atoms with van der Waals surface area (Å²) in [7, 11) is 0. The van der Waals surface area contributed by atoms with Gasteiger partial charge in [0.05, 0.1) is 18.5 Å². The van der Waals surface area contributed by atoms with Crippen LogP contribution in [0, 0.1) is 0 Å². The van der Waals surface area contributed by atoms with Crippen LogP contribution in [0.5, 0.6) is 11.5 Å². The number of carbonyl (C=O) groups excluding carboxylic acids is 1. The van der Waals surface area contributed by atoms with Crippen LogP contribution in [-0.4, -0.2) is 36.4 Å². The van der Waals surface area contributed by atoms with Crippen LogP contribution in [0.2, 0.25) is 0 Å². The van der Waals surface area contributed by atoms with E-state index in [2.05, 4.69) is 5.32 Å². The molecule has 0 saturated carbocycles.